The average Bonchev–Trinajstić information content (AvgIpc) is 2.95. The average molecular weight is 299 g/mol. The molecular weight excluding hydrogens is 274 g/mol. The summed E-state index contributed by atoms with van der Waals surface area (Å²) in [6.07, 6.45) is 4.77. The zero-order valence-corrected chi connectivity index (χ0v) is 12.4. The molecule has 1 amide bonds. The predicted octanol–water partition coefficient (Wildman–Crippen LogP) is 1.02. The summed E-state index contributed by atoms with van der Waals surface area (Å²) < 4.78 is 5.47. The lowest BCUT2D eigenvalue weighted by atomic mass is 9.82. The molecule has 0 unspecified atom stereocenters. The van der Waals surface area contributed by atoms with Gasteiger partial charge in [-0.1, -0.05) is 12.8 Å². The van der Waals surface area contributed by atoms with Crippen molar-refractivity contribution in [2.75, 3.05) is 26.3 Å². The van der Waals surface area contributed by atoms with Crippen LogP contribution >= 0.6 is 0 Å². The number of aliphatic carboxylic acids is 1. The molecule has 21 heavy (non-hydrogen) atoms. The summed E-state index contributed by atoms with van der Waals surface area (Å²) in [7, 11) is 0. The van der Waals surface area contributed by atoms with Gasteiger partial charge in [-0.15, -0.1) is 0 Å². The van der Waals surface area contributed by atoms with Gasteiger partial charge < -0.3 is 19.8 Å². The van der Waals surface area contributed by atoms with Gasteiger partial charge in [0, 0.05) is 19.5 Å². The number of carbonyl (C=O) groups is 2. The highest BCUT2D eigenvalue weighted by atomic mass is 16.5. The second-order valence-corrected chi connectivity index (χ2v) is 6.14. The molecule has 0 spiro atoms. The third-order valence-corrected chi connectivity index (χ3v) is 4.74. The highest BCUT2D eigenvalue weighted by Gasteiger charge is 2.44. The first-order valence-corrected chi connectivity index (χ1v) is 7.81. The van der Waals surface area contributed by atoms with E-state index in [1.54, 1.807) is 4.90 Å². The van der Waals surface area contributed by atoms with Crippen molar-refractivity contribution < 1.29 is 24.5 Å². The van der Waals surface area contributed by atoms with Crippen molar-refractivity contribution in [3.05, 3.63) is 0 Å². The van der Waals surface area contributed by atoms with Crippen molar-refractivity contribution in [1.82, 2.24) is 4.90 Å². The lowest BCUT2D eigenvalue weighted by molar-refractivity contribution is -0.154. The van der Waals surface area contributed by atoms with E-state index in [0.29, 0.717) is 32.5 Å². The molecule has 6 heteroatoms. The Morgan fingerprint density at radius 1 is 1.19 bits per heavy atom. The number of ether oxygens (including phenoxy) is 1. The van der Waals surface area contributed by atoms with Gasteiger partial charge in [-0.3, -0.25) is 9.59 Å². The summed E-state index contributed by atoms with van der Waals surface area (Å²) >= 11 is 0. The molecule has 1 aliphatic carbocycles. The Morgan fingerprint density at radius 3 is 2.33 bits per heavy atom. The van der Waals surface area contributed by atoms with Gasteiger partial charge in [0.1, 0.15) is 0 Å². The van der Waals surface area contributed by atoms with Crippen molar-refractivity contribution in [2.24, 2.45) is 5.41 Å². The van der Waals surface area contributed by atoms with E-state index in [0.717, 1.165) is 25.7 Å². The van der Waals surface area contributed by atoms with Crippen LogP contribution in [0.4, 0.5) is 0 Å². The second kappa shape index (κ2) is 7.22. The van der Waals surface area contributed by atoms with E-state index in [4.69, 9.17) is 9.84 Å². The van der Waals surface area contributed by atoms with Crippen LogP contribution in [-0.4, -0.2) is 59.4 Å². The Balaban J connectivity index is 1.83. The first-order valence-electron chi connectivity index (χ1n) is 7.81. The van der Waals surface area contributed by atoms with Gasteiger partial charge in [-0.25, -0.2) is 0 Å². The maximum Gasteiger partial charge on any atom is 0.310 e. The lowest BCUT2D eigenvalue weighted by Gasteiger charge is -2.34. The number of rotatable bonds is 6. The van der Waals surface area contributed by atoms with Crippen molar-refractivity contribution in [1.29, 1.82) is 0 Å². The fourth-order valence-corrected chi connectivity index (χ4v) is 3.41. The summed E-state index contributed by atoms with van der Waals surface area (Å²) in [5.41, 5.74) is -0.832. The highest BCUT2D eigenvalue weighted by Crippen LogP contribution is 2.41. The number of aliphatic hydroxyl groups is 1. The van der Waals surface area contributed by atoms with Gasteiger partial charge in [0.25, 0.3) is 0 Å². The van der Waals surface area contributed by atoms with Gasteiger partial charge >= 0.3 is 5.97 Å². The number of hydrogen-bond donors (Lipinski definition) is 2. The van der Waals surface area contributed by atoms with E-state index >= 15 is 0 Å². The van der Waals surface area contributed by atoms with Crippen LogP contribution in [0.15, 0.2) is 0 Å². The fourth-order valence-electron chi connectivity index (χ4n) is 3.41. The molecule has 1 saturated carbocycles. The lowest BCUT2D eigenvalue weighted by Crippen LogP contribution is -2.44. The van der Waals surface area contributed by atoms with E-state index in [9.17, 15) is 14.7 Å². The minimum atomic E-state index is -0.832. The number of amides is 1. The number of hydrogen-bond acceptors (Lipinski definition) is 4. The van der Waals surface area contributed by atoms with Gasteiger partial charge in [-0.05, 0) is 25.7 Å². The van der Waals surface area contributed by atoms with Crippen LogP contribution < -0.4 is 0 Å². The molecule has 6 nitrogen and oxygen atoms in total. The third kappa shape index (κ3) is 3.95. The number of aliphatic hydroxyl groups excluding tert-OH is 1. The molecule has 0 radical (unpaired) electrons. The number of carboxylic acids is 1. The minimum absolute atomic E-state index is 0.0142. The summed E-state index contributed by atoms with van der Waals surface area (Å²) in [5.74, 6) is -0.866. The molecule has 120 valence electrons. The number of nitrogens with zero attached hydrogens (tertiary/aromatic N) is 1. The van der Waals surface area contributed by atoms with Crippen molar-refractivity contribution in [3.8, 4) is 0 Å². The Labute approximate surface area is 125 Å². The maximum absolute atomic E-state index is 12.4. The molecule has 1 heterocycles. The van der Waals surface area contributed by atoms with Crippen LogP contribution in [0.3, 0.4) is 0 Å². The topological polar surface area (TPSA) is 87.1 Å². The molecule has 0 aromatic heterocycles. The smallest absolute Gasteiger partial charge is 0.310 e. The molecule has 2 N–H and O–H groups in total. The SMILES string of the molecule is O=C(CC1(C(=O)O)CCCC1)N1CCC(OCCO)CC1. The van der Waals surface area contributed by atoms with Crippen LogP contribution in [-0.2, 0) is 14.3 Å². The van der Waals surface area contributed by atoms with Gasteiger partial charge in [0.15, 0.2) is 0 Å². The molecular formula is C15H25NO5. The van der Waals surface area contributed by atoms with E-state index in [2.05, 4.69) is 0 Å². The summed E-state index contributed by atoms with van der Waals surface area (Å²) in [6, 6.07) is 0. The number of likely N-dealkylation sites (tertiary alicyclic amines) is 1. The van der Waals surface area contributed by atoms with Crippen LogP contribution in [0.1, 0.15) is 44.9 Å². The van der Waals surface area contributed by atoms with E-state index in [1.165, 1.54) is 0 Å². The molecule has 0 aromatic rings. The molecule has 0 atom stereocenters. The Hall–Kier alpha value is -1.14. The minimum Gasteiger partial charge on any atom is -0.481 e. The van der Waals surface area contributed by atoms with Crippen LogP contribution in [0.5, 0.6) is 0 Å². The number of carbonyl (C=O) groups excluding carboxylic acids is 1. The van der Waals surface area contributed by atoms with Crippen LogP contribution in [0.25, 0.3) is 0 Å². The first-order chi connectivity index (χ1) is 10.1. The molecule has 1 saturated heterocycles. The molecule has 0 aromatic carbocycles. The second-order valence-electron chi connectivity index (χ2n) is 6.14. The van der Waals surface area contributed by atoms with Crippen molar-refractivity contribution in [2.45, 2.75) is 51.0 Å². The van der Waals surface area contributed by atoms with Crippen molar-refractivity contribution >= 4 is 11.9 Å². The zero-order valence-electron chi connectivity index (χ0n) is 12.4. The number of piperidine rings is 1. The maximum atomic E-state index is 12.4. The molecule has 2 fully saturated rings. The van der Waals surface area contributed by atoms with E-state index in [-0.39, 0.29) is 25.0 Å². The summed E-state index contributed by atoms with van der Waals surface area (Å²) in [4.78, 5) is 25.6. The van der Waals surface area contributed by atoms with Crippen LogP contribution in [0.2, 0.25) is 0 Å². The van der Waals surface area contributed by atoms with E-state index in [1.807, 2.05) is 0 Å². The molecule has 1 aliphatic heterocycles. The summed E-state index contributed by atoms with van der Waals surface area (Å²) in [5, 5.41) is 18.2. The predicted molar refractivity (Wildman–Crippen MR) is 75.8 cm³/mol. The van der Waals surface area contributed by atoms with Gasteiger partial charge in [-0.2, -0.15) is 0 Å². The van der Waals surface area contributed by atoms with E-state index < -0.39 is 11.4 Å². The zero-order chi connectivity index (χ0) is 15.3. The highest BCUT2D eigenvalue weighted by molar-refractivity contribution is 5.85. The Bertz CT molecular complexity index is 370. The van der Waals surface area contributed by atoms with Gasteiger partial charge in [0.2, 0.25) is 5.91 Å². The Kier molecular flexibility index (Phi) is 5.58. The van der Waals surface area contributed by atoms with Crippen LogP contribution in [0, 0.1) is 5.41 Å². The third-order valence-electron chi connectivity index (χ3n) is 4.74. The summed E-state index contributed by atoms with van der Waals surface area (Å²) in [6.45, 7) is 1.58. The fraction of sp³-hybridized carbons (Fsp3) is 0.867. The molecule has 2 rings (SSSR count). The van der Waals surface area contributed by atoms with Crippen molar-refractivity contribution in [3.63, 3.8) is 0 Å². The normalized spacial score (nSPS) is 22.4. The quantitative estimate of drug-likeness (QED) is 0.764. The van der Waals surface area contributed by atoms with Gasteiger partial charge in [0.05, 0.1) is 24.7 Å². The molecule has 2 aliphatic rings. The standard InChI is InChI=1S/C15H25NO5/c17-9-10-21-12-3-7-16(8-4-12)13(18)11-15(14(19)20)5-1-2-6-15/h12,17H,1-11H2,(H,19,20). The number of carboxylic acid groups (broad SMARTS) is 1. The largest absolute Gasteiger partial charge is 0.481 e. The molecule has 0 bridgehead atoms. The first kappa shape index (κ1) is 16.2. The Morgan fingerprint density at radius 2 is 1.81 bits per heavy atom. The monoisotopic (exact) mass is 299 g/mol.